The number of hydrogen-bond acceptors (Lipinski definition) is 2. The van der Waals surface area contributed by atoms with Crippen molar-refractivity contribution in [2.45, 2.75) is 52.0 Å². The van der Waals surface area contributed by atoms with E-state index in [0.29, 0.717) is 6.04 Å². The third-order valence-corrected chi connectivity index (χ3v) is 4.81. The Hall–Kier alpha value is -0.340. The second-order valence-electron chi connectivity index (χ2n) is 5.16. The molecule has 0 amide bonds. The zero-order chi connectivity index (χ0) is 11.4. The van der Waals surface area contributed by atoms with Crippen molar-refractivity contribution in [2.24, 2.45) is 5.92 Å². The van der Waals surface area contributed by atoms with Crippen LogP contribution in [0.4, 0.5) is 0 Å². The van der Waals surface area contributed by atoms with Crippen LogP contribution in [-0.4, -0.2) is 12.6 Å². The highest BCUT2D eigenvalue weighted by Crippen LogP contribution is 2.30. The lowest BCUT2D eigenvalue weighted by Crippen LogP contribution is -2.31. The number of rotatable bonds is 6. The van der Waals surface area contributed by atoms with E-state index in [0.717, 1.165) is 12.5 Å². The largest absolute Gasteiger partial charge is 0.314 e. The average molecular weight is 237 g/mol. The molecule has 2 heteroatoms. The van der Waals surface area contributed by atoms with Crippen molar-refractivity contribution in [3.63, 3.8) is 0 Å². The summed E-state index contributed by atoms with van der Waals surface area (Å²) in [5.41, 5.74) is 1.46. The van der Waals surface area contributed by atoms with E-state index < -0.39 is 0 Å². The molecule has 1 aliphatic carbocycles. The average Bonchev–Trinajstić information content (AvgIpc) is 2.59. The van der Waals surface area contributed by atoms with Gasteiger partial charge in [0.05, 0.1) is 0 Å². The van der Waals surface area contributed by atoms with Crippen molar-refractivity contribution in [1.82, 2.24) is 5.32 Å². The number of aryl methyl sites for hydroxylation is 1. The Kier molecular flexibility index (Phi) is 4.42. The molecule has 0 radical (unpaired) electrons. The summed E-state index contributed by atoms with van der Waals surface area (Å²) in [6.07, 6.45) is 6.97. The fraction of sp³-hybridized carbons (Fsp3) is 0.714. The molecule has 0 spiro atoms. The van der Waals surface area contributed by atoms with E-state index in [4.69, 9.17) is 0 Å². The lowest BCUT2D eigenvalue weighted by molar-refractivity contribution is 0.266. The maximum Gasteiger partial charge on any atom is 0.00870 e. The minimum Gasteiger partial charge on any atom is -0.314 e. The van der Waals surface area contributed by atoms with Crippen molar-refractivity contribution in [3.8, 4) is 0 Å². The maximum absolute atomic E-state index is 3.65. The van der Waals surface area contributed by atoms with Gasteiger partial charge < -0.3 is 5.32 Å². The molecule has 1 fully saturated rings. The van der Waals surface area contributed by atoms with Crippen LogP contribution in [0.1, 0.15) is 43.0 Å². The van der Waals surface area contributed by atoms with Crippen LogP contribution < -0.4 is 5.32 Å². The summed E-state index contributed by atoms with van der Waals surface area (Å²) >= 11 is 1.89. The van der Waals surface area contributed by atoms with Crippen molar-refractivity contribution < 1.29 is 0 Å². The summed E-state index contributed by atoms with van der Waals surface area (Å²) in [5, 5.41) is 5.85. The van der Waals surface area contributed by atoms with E-state index in [1.807, 2.05) is 11.3 Å². The topological polar surface area (TPSA) is 12.0 Å². The number of hydrogen-bond donors (Lipinski definition) is 1. The van der Waals surface area contributed by atoms with Gasteiger partial charge in [0.25, 0.3) is 0 Å². The molecule has 1 aromatic rings. The summed E-state index contributed by atoms with van der Waals surface area (Å²) in [6, 6.07) is 2.92. The van der Waals surface area contributed by atoms with Crippen molar-refractivity contribution >= 4 is 11.3 Å². The highest BCUT2D eigenvalue weighted by atomic mass is 32.1. The van der Waals surface area contributed by atoms with E-state index >= 15 is 0 Å². The molecule has 1 unspecified atom stereocenters. The molecular weight excluding hydrogens is 214 g/mol. The van der Waals surface area contributed by atoms with Gasteiger partial charge in [0.1, 0.15) is 0 Å². The predicted molar refractivity (Wildman–Crippen MR) is 72.2 cm³/mol. The predicted octanol–water partition coefficient (Wildman–Crippen LogP) is 3.77. The van der Waals surface area contributed by atoms with Crippen LogP contribution in [0.25, 0.3) is 0 Å². The molecule has 0 aliphatic heterocycles. The van der Waals surface area contributed by atoms with Crippen LogP contribution in [0.2, 0.25) is 0 Å². The first-order valence-electron chi connectivity index (χ1n) is 6.52. The Bertz CT molecular complexity index is 314. The standard InChI is InChI=1S/C14H23NS/c1-11-7-9-16-14(11)6-8-15-12(2)10-13-4-3-5-13/h7,9,12-13,15H,3-6,8,10H2,1-2H3. The van der Waals surface area contributed by atoms with Gasteiger partial charge in [-0.05, 0) is 49.6 Å². The number of nitrogens with one attached hydrogen (secondary N) is 1. The molecule has 1 saturated carbocycles. The molecule has 0 bridgehead atoms. The summed E-state index contributed by atoms with van der Waals surface area (Å²) in [7, 11) is 0. The quantitative estimate of drug-likeness (QED) is 0.794. The van der Waals surface area contributed by atoms with E-state index in [1.165, 1.54) is 37.7 Å². The van der Waals surface area contributed by atoms with Gasteiger partial charge in [-0.2, -0.15) is 0 Å². The zero-order valence-corrected chi connectivity index (χ0v) is 11.3. The lowest BCUT2D eigenvalue weighted by Gasteiger charge is -2.28. The molecule has 16 heavy (non-hydrogen) atoms. The summed E-state index contributed by atoms with van der Waals surface area (Å²) in [5.74, 6) is 1.02. The second-order valence-corrected chi connectivity index (χ2v) is 6.17. The SMILES string of the molecule is Cc1ccsc1CCNC(C)CC1CCC1. The van der Waals surface area contributed by atoms with Crippen molar-refractivity contribution in [3.05, 3.63) is 21.9 Å². The molecule has 0 aromatic carbocycles. The van der Waals surface area contributed by atoms with E-state index in [2.05, 4.69) is 30.6 Å². The van der Waals surface area contributed by atoms with Gasteiger partial charge in [0.15, 0.2) is 0 Å². The van der Waals surface area contributed by atoms with Crippen molar-refractivity contribution in [1.29, 1.82) is 0 Å². The Balaban J connectivity index is 1.61. The van der Waals surface area contributed by atoms with Crippen LogP contribution in [0.5, 0.6) is 0 Å². The minimum absolute atomic E-state index is 0.700. The number of thiophene rings is 1. The fourth-order valence-corrected chi connectivity index (χ4v) is 3.31. The molecule has 1 N–H and O–H groups in total. The van der Waals surface area contributed by atoms with Crippen LogP contribution >= 0.6 is 11.3 Å². The van der Waals surface area contributed by atoms with Gasteiger partial charge in [0, 0.05) is 17.5 Å². The molecule has 1 aromatic heterocycles. The molecule has 1 heterocycles. The van der Waals surface area contributed by atoms with Gasteiger partial charge in [-0.25, -0.2) is 0 Å². The van der Waals surface area contributed by atoms with Gasteiger partial charge in [-0.1, -0.05) is 19.3 Å². The third-order valence-electron chi connectivity index (χ3n) is 3.72. The molecule has 1 atom stereocenters. The minimum atomic E-state index is 0.700. The monoisotopic (exact) mass is 237 g/mol. The first-order valence-corrected chi connectivity index (χ1v) is 7.40. The molecular formula is C14H23NS. The van der Waals surface area contributed by atoms with E-state index in [-0.39, 0.29) is 0 Å². The highest BCUT2D eigenvalue weighted by molar-refractivity contribution is 7.10. The summed E-state index contributed by atoms with van der Waals surface area (Å²) in [4.78, 5) is 1.54. The Labute approximate surface area is 103 Å². The maximum atomic E-state index is 3.65. The first kappa shape index (κ1) is 12.1. The zero-order valence-electron chi connectivity index (χ0n) is 10.5. The Morgan fingerprint density at radius 2 is 2.31 bits per heavy atom. The molecule has 2 rings (SSSR count). The fourth-order valence-electron chi connectivity index (χ4n) is 2.40. The van der Waals surface area contributed by atoms with Gasteiger partial charge in [-0.15, -0.1) is 11.3 Å². The second kappa shape index (κ2) is 5.83. The van der Waals surface area contributed by atoms with Crippen LogP contribution in [0.15, 0.2) is 11.4 Å². The normalized spacial score (nSPS) is 18.4. The van der Waals surface area contributed by atoms with Crippen LogP contribution in [-0.2, 0) is 6.42 Å². The Morgan fingerprint density at radius 1 is 1.50 bits per heavy atom. The molecule has 0 saturated heterocycles. The van der Waals surface area contributed by atoms with Gasteiger partial charge >= 0.3 is 0 Å². The van der Waals surface area contributed by atoms with Crippen LogP contribution in [0.3, 0.4) is 0 Å². The lowest BCUT2D eigenvalue weighted by atomic mass is 9.81. The van der Waals surface area contributed by atoms with Crippen LogP contribution in [0, 0.1) is 12.8 Å². The van der Waals surface area contributed by atoms with Gasteiger partial charge in [0.2, 0.25) is 0 Å². The highest BCUT2D eigenvalue weighted by Gasteiger charge is 2.19. The third kappa shape index (κ3) is 3.33. The molecule has 1 nitrogen and oxygen atoms in total. The van der Waals surface area contributed by atoms with E-state index in [1.54, 1.807) is 4.88 Å². The van der Waals surface area contributed by atoms with Gasteiger partial charge in [-0.3, -0.25) is 0 Å². The first-order chi connectivity index (χ1) is 7.75. The Morgan fingerprint density at radius 3 is 2.88 bits per heavy atom. The smallest absolute Gasteiger partial charge is 0.00870 e. The summed E-state index contributed by atoms with van der Waals surface area (Å²) in [6.45, 7) is 5.68. The summed E-state index contributed by atoms with van der Waals surface area (Å²) < 4.78 is 0. The molecule has 1 aliphatic rings. The molecule has 90 valence electrons. The van der Waals surface area contributed by atoms with E-state index in [9.17, 15) is 0 Å². The van der Waals surface area contributed by atoms with Crippen molar-refractivity contribution in [2.75, 3.05) is 6.54 Å².